The van der Waals surface area contributed by atoms with E-state index in [-0.39, 0.29) is 5.57 Å². The molecule has 2 aromatic rings. The number of hydrogen-bond acceptors (Lipinski definition) is 2. The van der Waals surface area contributed by atoms with Gasteiger partial charge >= 0.3 is 5.97 Å². The predicted octanol–water partition coefficient (Wildman–Crippen LogP) is 4.47. The molecular weight excluding hydrogens is 332 g/mol. The minimum atomic E-state index is -0.953. The summed E-state index contributed by atoms with van der Waals surface area (Å²) in [7, 11) is 0. The molecule has 0 fully saturated rings. The van der Waals surface area contributed by atoms with Gasteiger partial charge in [0.05, 0.1) is 12.2 Å². The maximum Gasteiger partial charge on any atom is 0.336 e. The first-order valence-electron chi connectivity index (χ1n) is 6.54. The summed E-state index contributed by atoms with van der Waals surface area (Å²) in [5.41, 5.74) is 1.74. The third kappa shape index (κ3) is 4.20. The number of carboxylic acid groups (broad SMARTS) is 1. The summed E-state index contributed by atoms with van der Waals surface area (Å²) >= 11 is 3.34. The molecule has 0 unspecified atom stereocenters. The molecule has 0 radical (unpaired) electrons. The van der Waals surface area contributed by atoms with Gasteiger partial charge in [-0.15, -0.1) is 0 Å². The molecule has 0 aliphatic rings. The summed E-state index contributed by atoms with van der Waals surface area (Å²) in [5, 5.41) is 9.39. The van der Waals surface area contributed by atoms with E-state index in [4.69, 9.17) is 4.74 Å². The molecule has 0 saturated heterocycles. The molecule has 21 heavy (non-hydrogen) atoms. The lowest BCUT2D eigenvalue weighted by molar-refractivity contribution is -0.130. The lowest BCUT2D eigenvalue weighted by Crippen LogP contribution is -1.99. The minimum Gasteiger partial charge on any atom is -0.494 e. The van der Waals surface area contributed by atoms with Crippen LogP contribution in [0.3, 0.4) is 0 Å². The lowest BCUT2D eigenvalue weighted by Gasteiger charge is -2.05. The van der Waals surface area contributed by atoms with E-state index in [1.807, 2.05) is 43.3 Å². The Morgan fingerprint density at radius 2 is 1.76 bits per heavy atom. The van der Waals surface area contributed by atoms with Crippen molar-refractivity contribution < 1.29 is 14.6 Å². The third-order valence-corrected chi connectivity index (χ3v) is 3.42. The van der Waals surface area contributed by atoms with Gasteiger partial charge in [0.25, 0.3) is 0 Å². The van der Waals surface area contributed by atoms with Gasteiger partial charge in [-0.2, -0.15) is 0 Å². The van der Waals surface area contributed by atoms with Crippen molar-refractivity contribution in [1.29, 1.82) is 0 Å². The average molecular weight is 347 g/mol. The summed E-state index contributed by atoms with van der Waals surface area (Å²) in [5.74, 6) is -0.179. The van der Waals surface area contributed by atoms with Gasteiger partial charge in [-0.3, -0.25) is 0 Å². The number of ether oxygens (including phenoxy) is 1. The molecule has 0 aromatic heterocycles. The second kappa shape index (κ2) is 7.09. The van der Waals surface area contributed by atoms with Gasteiger partial charge in [-0.25, -0.2) is 4.79 Å². The molecule has 0 heterocycles. The maximum absolute atomic E-state index is 11.5. The van der Waals surface area contributed by atoms with Gasteiger partial charge < -0.3 is 9.84 Å². The smallest absolute Gasteiger partial charge is 0.336 e. The molecule has 0 atom stereocenters. The van der Waals surface area contributed by atoms with E-state index < -0.39 is 5.97 Å². The van der Waals surface area contributed by atoms with Crippen molar-refractivity contribution in [3.8, 4) is 5.75 Å². The van der Waals surface area contributed by atoms with Crippen LogP contribution in [0, 0.1) is 0 Å². The maximum atomic E-state index is 11.5. The van der Waals surface area contributed by atoms with Gasteiger partial charge in [-0.05, 0) is 48.4 Å². The van der Waals surface area contributed by atoms with E-state index in [1.54, 1.807) is 18.2 Å². The lowest BCUT2D eigenvalue weighted by atomic mass is 10.0. The Balaban J connectivity index is 2.33. The summed E-state index contributed by atoms with van der Waals surface area (Å²) in [6, 6.07) is 14.5. The predicted molar refractivity (Wildman–Crippen MR) is 87.3 cm³/mol. The van der Waals surface area contributed by atoms with Crippen molar-refractivity contribution >= 4 is 33.5 Å². The standard InChI is InChI=1S/C17H15BrO3/c1-2-21-15-9-3-12(4-10-15)11-16(17(19)20)13-5-7-14(18)8-6-13/h3-11H,2H2,1H3,(H,19,20)/b16-11-. The fourth-order valence-electron chi connectivity index (χ4n) is 1.89. The second-order valence-corrected chi connectivity index (χ2v) is 5.29. The molecule has 4 heteroatoms. The first kappa shape index (κ1) is 15.3. The van der Waals surface area contributed by atoms with Crippen LogP contribution in [-0.4, -0.2) is 17.7 Å². The Kier molecular flexibility index (Phi) is 5.17. The van der Waals surface area contributed by atoms with E-state index >= 15 is 0 Å². The Morgan fingerprint density at radius 1 is 1.14 bits per heavy atom. The van der Waals surface area contributed by atoms with Crippen LogP contribution in [-0.2, 0) is 4.79 Å². The summed E-state index contributed by atoms with van der Waals surface area (Å²) in [4.78, 5) is 11.5. The van der Waals surface area contributed by atoms with E-state index in [0.717, 1.165) is 15.8 Å². The zero-order valence-electron chi connectivity index (χ0n) is 11.5. The highest BCUT2D eigenvalue weighted by atomic mass is 79.9. The summed E-state index contributed by atoms with van der Waals surface area (Å²) in [6.07, 6.45) is 1.65. The highest BCUT2D eigenvalue weighted by Gasteiger charge is 2.10. The number of rotatable bonds is 5. The van der Waals surface area contributed by atoms with Crippen molar-refractivity contribution in [3.05, 3.63) is 64.1 Å². The molecule has 0 saturated carbocycles. The molecule has 2 aromatic carbocycles. The average Bonchev–Trinajstić information content (AvgIpc) is 2.47. The summed E-state index contributed by atoms with van der Waals surface area (Å²) < 4.78 is 6.28. The van der Waals surface area contributed by atoms with Crippen molar-refractivity contribution in [2.45, 2.75) is 6.92 Å². The molecule has 3 nitrogen and oxygen atoms in total. The molecule has 0 aliphatic heterocycles. The number of carboxylic acids is 1. The van der Waals surface area contributed by atoms with Crippen LogP contribution in [0.25, 0.3) is 11.6 Å². The monoisotopic (exact) mass is 346 g/mol. The van der Waals surface area contributed by atoms with Gasteiger partial charge in [0.15, 0.2) is 0 Å². The first-order valence-corrected chi connectivity index (χ1v) is 7.33. The van der Waals surface area contributed by atoms with E-state index in [2.05, 4.69) is 15.9 Å². The number of hydrogen-bond donors (Lipinski definition) is 1. The topological polar surface area (TPSA) is 46.5 Å². The highest BCUT2D eigenvalue weighted by Crippen LogP contribution is 2.22. The quantitative estimate of drug-likeness (QED) is 0.641. The van der Waals surface area contributed by atoms with Crippen LogP contribution in [0.1, 0.15) is 18.1 Å². The Hall–Kier alpha value is -2.07. The SMILES string of the molecule is CCOc1ccc(/C=C(\C(=O)O)c2ccc(Br)cc2)cc1. The fourth-order valence-corrected chi connectivity index (χ4v) is 2.16. The fraction of sp³-hybridized carbons (Fsp3) is 0.118. The molecule has 0 bridgehead atoms. The molecule has 0 aliphatic carbocycles. The van der Waals surface area contributed by atoms with E-state index in [1.165, 1.54) is 0 Å². The van der Waals surface area contributed by atoms with E-state index in [9.17, 15) is 9.90 Å². The van der Waals surface area contributed by atoms with Crippen molar-refractivity contribution in [3.63, 3.8) is 0 Å². The van der Waals surface area contributed by atoms with Crippen LogP contribution in [0.5, 0.6) is 5.75 Å². The Morgan fingerprint density at radius 3 is 2.29 bits per heavy atom. The van der Waals surface area contributed by atoms with Crippen LogP contribution in [0.4, 0.5) is 0 Å². The normalized spacial score (nSPS) is 11.2. The van der Waals surface area contributed by atoms with Crippen molar-refractivity contribution in [2.75, 3.05) is 6.61 Å². The van der Waals surface area contributed by atoms with Gasteiger partial charge in [-0.1, -0.05) is 40.2 Å². The van der Waals surface area contributed by atoms with Crippen molar-refractivity contribution in [2.24, 2.45) is 0 Å². The largest absolute Gasteiger partial charge is 0.494 e. The molecule has 108 valence electrons. The van der Waals surface area contributed by atoms with Crippen LogP contribution >= 0.6 is 15.9 Å². The zero-order chi connectivity index (χ0) is 15.2. The number of aliphatic carboxylic acids is 1. The Bertz CT molecular complexity index is 643. The molecule has 1 N–H and O–H groups in total. The van der Waals surface area contributed by atoms with Crippen LogP contribution in [0.15, 0.2) is 53.0 Å². The zero-order valence-corrected chi connectivity index (χ0v) is 13.1. The number of benzene rings is 2. The Labute approximate surface area is 132 Å². The first-order chi connectivity index (χ1) is 10.1. The summed E-state index contributed by atoms with van der Waals surface area (Å²) in [6.45, 7) is 2.53. The molecule has 0 spiro atoms. The van der Waals surface area contributed by atoms with Gasteiger partial charge in [0.1, 0.15) is 5.75 Å². The number of halogens is 1. The van der Waals surface area contributed by atoms with Crippen LogP contribution < -0.4 is 4.74 Å². The molecule has 0 amide bonds. The molecule has 2 rings (SSSR count). The van der Waals surface area contributed by atoms with Crippen LogP contribution in [0.2, 0.25) is 0 Å². The highest BCUT2D eigenvalue weighted by molar-refractivity contribution is 9.10. The van der Waals surface area contributed by atoms with Gasteiger partial charge in [0, 0.05) is 4.47 Å². The van der Waals surface area contributed by atoms with E-state index in [0.29, 0.717) is 12.2 Å². The van der Waals surface area contributed by atoms with Crippen molar-refractivity contribution in [1.82, 2.24) is 0 Å². The minimum absolute atomic E-state index is 0.256. The second-order valence-electron chi connectivity index (χ2n) is 4.37. The number of carbonyl (C=O) groups is 1. The third-order valence-electron chi connectivity index (χ3n) is 2.89. The molecular formula is C17H15BrO3. The van der Waals surface area contributed by atoms with Gasteiger partial charge in [0.2, 0.25) is 0 Å².